The average Bonchev–Trinajstić information content (AvgIpc) is 3.09. The van der Waals surface area contributed by atoms with E-state index < -0.39 is 145 Å². The molecule has 28 nitrogen and oxygen atoms in total. The van der Waals surface area contributed by atoms with Gasteiger partial charge in [-0.2, -0.15) is 40.7 Å². The minimum Gasteiger partial charge on any atom is -0.778 e. The second-order valence-electron chi connectivity index (χ2n) is 15.5. The summed E-state index contributed by atoms with van der Waals surface area (Å²) in [7, 11) is -11.1. The number of ether oxygens (including phenoxy) is 4. The highest BCUT2D eigenvalue weighted by Gasteiger charge is 2.32. The van der Waals surface area contributed by atoms with E-state index in [1.807, 2.05) is 5.32 Å². The van der Waals surface area contributed by atoms with Crippen LogP contribution in [0.15, 0.2) is 83.8 Å². The number of rotatable bonds is 19. The van der Waals surface area contributed by atoms with Crippen LogP contribution in [0.1, 0.15) is 36.6 Å². The Bertz CT molecular complexity index is 3460. The number of benzene rings is 4. The Hall–Kier alpha value is -7.55. The van der Waals surface area contributed by atoms with Gasteiger partial charge in [0, 0.05) is 12.1 Å². The minimum atomic E-state index is -4.71. The number of carboxylic acid groups (broad SMARTS) is 3. The van der Waals surface area contributed by atoms with E-state index in [0.717, 1.165) is 36.4 Å². The van der Waals surface area contributed by atoms with Crippen LogP contribution in [0.3, 0.4) is 0 Å². The number of carbonyl (C=O) groups is 5. The smallest absolute Gasteiger partial charge is 0.416 e. The molecule has 85 heavy (non-hydrogen) atoms. The quantitative estimate of drug-likeness (QED) is 0.0136. The lowest BCUT2D eigenvalue weighted by molar-refractivity contribution is -0.385. The van der Waals surface area contributed by atoms with Crippen molar-refractivity contribution in [2.24, 2.45) is 0 Å². The number of anilines is 1. The molecule has 8 N–H and O–H groups in total. The van der Waals surface area contributed by atoms with E-state index in [-0.39, 0.29) is 32.9 Å². The van der Waals surface area contributed by atoms with Crippen molar-refractivity contribution in [3.63, 3.8) is 0 Å². The molecule has 0 aliphatic rings. The molecule has 3 amide bonds. The summed E-state index contributed by atoms with van der Waals surface area (Å²) in [5.41, 5.74) is -3.10. The van der Waals surface area contributed by atoms with Crippen LogP contribution in [0.2, 0.25) is 15.1 Å². The number of urea groups is 1. The number of carboxylic acids is 3. The summed E-state index contributed by atoms with van der Waals surface area (Å²) in [6.45, 7) is -7.30. The number of sulfonamides is 2. The summed E-state index contributed by atoms with van der Waals surface area (Å²) in [4.78, 5) is 89.5. The minimum absolute atomic E-state index is 0.0849. The lowest BCUT2D eigenvalue weighted by atomic mass is 10.1. The van der Waals surface area contributed by atoms with E-state index in [2.05, 4.69) is 38.2 Å². The van der Waals surface area contributed by atoms with Crippen molar-refractivity contribution in [2.45, 2.75) is 24.3 Å². The van der Waals surface area contributed by atoms with Crippen LogP contribution in [0, 0.1) is 10.1 Å². The van der Waals surface area contributed by atoms with Crippen LogP contribution < -0.4 is 43.9 Å². The molecule has 5 aromatic rings. The number of aliphatic carboxylic acids is 1. The van der Waals surface area contributed by atoms with Crippen LogP contribution in [0.25, 0.3) is 0 Å². The van der Waals surface area contributed by atoms with E-state index in [9.17, 15) is 91.1 Å². The first-order chi connectivity index (χ1) is 39.0. The molecule has 1 heterocycles. The third-order valence-corrected chi connectivity index (χ3v) is 11.7. The highest BCUT2D eigenvalue weighted by molar-refractivity contribution is 7.94. The number of hydrogen-bond acceptors (Lipinski definition) is 20. The van der Waals surface area contributed by atoms with Gasteiger partial charge in [0.15, 0.2) is 5.75 Å². The van der Waals surface area contributed by atoms with Gasteiger partial charge < -0.3 is 48.6 Å². The van der Waals surface area contributed by atoms with E-state index in [1.54, 1.807) is 10.0 Å². The first kappa shape index (κ1) is 75.5. The molecule has 0 saturated carbocycles. The summed E-state index contributed by atoms with van der Waals surface area (Å²) >= 11 is 17.1. The van der Waals surface area contributed by atoms with Gasteiger partial charge in [0.25, 0.3) is 21.6 Å². The Morgan fingerprint density at radius 1 is 0.788 bits per heavy atom. The lowest BCUT2D eigenvalue weighted by Gasteiger charge is -2.14. The first-order valence-corrected chi connectivity index (χ1v) is 30.2. The molecule has 5 rings (SSSR count). The molecule has 1 unspecified atom stereocenters. The zero-order chi connectivity index (χ0) is 65.5. The van der Waals surface area contributed by atoms with Gasteiger partial charge in [-0.25, -0.2) is 40.7 Å². The maximum atomic E-state index is 12.7. The fraction of sp³-hybridized carbons (Fsp3) is 0.233. The Kier molecular flexibility index (Phi) is 30.0. The van der Waals surface area contributed by atoms with E-state index >= 15 is 0 Å². The molecule has 0 radical (unpaired) electrons. The molecule has 4 aromatic carbocycles. The zero-order valence-corrected chi connectivity index (χ0v) is 48.7. The van der Waals surface area contributed by atoms with Crippen LogP contribution in [0.4, 0.5) is 47.2 Å². The summed E-state index contributed by atoms with van der Waals surface area (Å²) < 4.78 is 165. The van der Waals surface area contributed by atoms with Crippen molar-refractivity contribution in [1.82, 2.24) is 24.7 Å². The van der Waals surface area contributed by atoms with Gasteiger partial charge in [0.05, 0.1) is 82.1 Å². The number of nitro benzene ring substituents is 1. The number of aromatic nitrogens is 2. The van der Waals surface area contributed by atoms with Gasteiger partial charge in [-0.1, -0.05) is 46.9 Å². The predicted molar refractivity (Wildman–Crippen MR) is 285 cm³/mol. The largest absolute Gasteiger partial charge is 0.778 e. The summed E-state index contributed by atoms with van der Waals surface area (Å²) in [5.74, 6) is -8.38. The van der Waals surface area contributed by atoms with Crippen LogP contribution in [0.5, 0.6) is 29.0 Å². The van der Waals surface area contributed by atoms with Crippen molar-refractivity contribution in [1.29, 1.82) is 0 Å². The molecule has 1 aromatic heterocycles. The summed E-state index contributed by atoms with van der Waals surface area (Å²) in [5, 5.41) is 40.5. The highest BCUT2D eigenvalue weighted by atomic mass is 35.5. The van der Waals surface area contributed by atoms with Gasteiger partial charge in [0.1, 0.15) is 35.1 Å². The monoisotopic (exact) mass is 1360 g/mol. The molecule has 1 atom stereocenters. The van der Waals surface area contributed by atoms with Gasteiger partial charge in [-0.3, -0.25) is 30.3 Å². The second kappa shape index (κ2) is 33.8. The molecule has 0 spiro atoms. The number of nitrogens with one attached hydrogen (secondary N) is 4. The molecular formula is C43H42Cl3F7N7O21PS3. The predicted octanol–water partition coefficient (Wildman–Crippen LogP) is 6.99. The van der Waals surface area contributed by atoms with Gasteiger partial charge >= 0.3 is 43.3 Å². The Morgan fingerprint density at radius 3 is 1.76 bits per heavy atom. The second-order valence-corrected chi connectivity index (χ2v) is 24.1. The molecule has 0 aliphatic heterocycles. The van der Waals surface area contributed by atoms with E-state index in [0.29, 0.717) is 35.3 Å². The molecule has 468 valence electrons. The number of carbonyl (C=O) groups excluding carboxylic acids is 2. The molecule has 42 heteroatoms. The van der Waals surface area contributed by atoms with Gasteiger partial charge in [-0.05, 0) is 59.4 Å². The number of aromatic carboxylic acids is 2. The third-order valence-electron chi connectivity index (χ3n) is 8.20. The fourth-order valence-electron chi connectivity index (χ4n) is 5.21. The summed E-state index contributed by atoms with van der Waals surface area (Å²) in [6, 6.07) is 11.2. The van der Waals surface area contributed by atoms with Gasteiger partial charge in [-0.15, -0.1) is 0 Å². The number of nitro groups is 1. The zero-order valence-electron chi connectivity index (χ0n) is 43.1. The normalized spacial score (nSPS) is 11.7. The van der Waals surface area contributed by atoms with Crippen molar-refractivity contribution in [2.75, 3.05) is 50.3 Å². The van der Waals surface area contributed by atoms with E-state index in [4.69, 9.17) is 64.5 Å². The molecule has 0 fully saturated rings. The average molecular weight is 1360 g/mol. The number of amides is 3. The highest BCUT2D eigenvalue weighted by Crippen LogP contribution is 2.38. The maximum absolute atomic E-state index is 12.7. The Morgan fingerprint density at radius 2 is 1.33 bits per heavy atom. The Labute approximate surface area is 492 Å². The number of nitrogens with zero attached hydrogens (tertiary/aromatic N) is 3. The topological polar surface area (TPSA) is 429 Å². The standard InChI is InChI=1S/C15H10ClF3N2O6S.C14H10F4N4O7S.C8H6Cl2O3.C3H8NO5P.C3H9S/c1-28(25,26)20-14(22)10-7-9(3-4-12(10)21(23)24)27-13-5-2-8(6-11(13)16)15(17,18)19;15-11(16)28-8-5-9(29-12(17)18)20-13(19-8)21-14(25)22-30(26,27)7-4-2-1-3-6(7)10(23)24;1-13-7-5(10)3-2-4(9)6(7)8(11)12;5-3(6)1-4-2-10(7,8)9;1-4(2)3/h2-7H,1H3,(H,20,22);1-5,11-12H,(H,23,24)(H2,19,20,21,22,25);2-3H,1H3,(H,11,12);4H,1-2H2,(H,5,6)(H2,7,8,9);1-3H3/q;;;;+1/p-1. The van der Waals surface area contributed by atoms with Crippen LogP contribution >= 0.6 is 42.4 Å². The van der Waals surface area contributed by atoms with Crippen LogP contribution in [-0.4, -0.2) is 140 Å². The third kappa shape index (κ3) is 28.7. The van der Waals surface area contributed by atoms with Crippen molar-refractivity contribution < 1.29 is 125 Å². The lowest BCUT2D eigenvalue weighted by Crippen LogP contribution is -2.35. The SMILES string of the molecule is COc1c(Cl)ccc(Cl)c1C(=O)O.CS(=O)(=O)NC(=O)c1cc(Oc2ccc(C(F)(F)F)cc2Cl)ccc1[N+](=O)[O-].C[S+](C)C.O=C(Nc1nc(OC(F)F)cc(OC(F)F)n1)NS(=O)(=O)c1ccccc1C(=O)O.O=C(O)CNCP(=O)([O-])O. The Balaban J connectivity index is 0.000000599. The first-order valence-electron chi connectivity index (χ1n) is 21.5. The van der Waals surface area contributed by atoms with Gasteiger partial charge in [0.2, 0.25) is 27.7 Å². The maximum Gasteiger partial charge on any atom is 0.416 e. The van der Waals surface area contributed by atoms with Crippen molar-refractivity contribution in [3.05, 3.63) is 126 Å². The number of hydrogen-bond donors (Lipinski definition) is 8. The van der Waals surface area contributed by atoms with Crippen molar-refractivity contribution in [3.8, 4) is 29.0 Å². The number of halogens is 10. The summed E-state index contributed by atoms with van der Waals surface area (Å²) in [6.07, 6.45) is 1.94. The molecule has 0 saturated heterocycles. The van der Waals surface area contributed by atoms with E-state index in [1.165, 1.54) is 36.1 Å². The molecule has 0 aliphatic carbocycles. The fourth-order valence-corrected chi connectivity index (χ4v) is 7.84. The molecule has 0 bridgehead atoms. The molecular weight excluding hydrogens is 1320 g/mol. The van der Waals surface area contributed by atoms with Crippen molar-refractivity contribution >= 4 is 115 Å². The number of alkyl halides is 7. The number of methoxy groups -OCH3 is 1. The van der Waals surface area contributed by atoms with Crippen LogP contribution in [-0.2, 0) is 46.5 Å².